The molecule has 168 valence electrons. The Balaban J connectivity index is 1.59. The number of aliphatic hydroxyl groups excluding tert-OH is 1. The minimum absolute atomic E-state index is 0.0647. The van der Waals surface area contributed by atoms with Gasteiger partial charge in [0.05, 0.1) is 22.6 Å². The second kappa shape index (κ2) is 9.55. The molecule has 6 nitrogen and oxygen atoms in total. The second-order valence-electron chi connectivity index (χ2n) is 7.97. The average Bonchev–Trinajstić information content (AvgIpc) is 3.60. The molecule has 2 aliphatic rings. The molecular weight excluding hydrogens is 459 g/mol. The third kappa shape index (κ3) is 5.29. The fourth-order valence-electron chi connectivity index (χ4n) is 3.99. The highest BCUT2D eigenvalue weighted by Crippen LogP contribution is 2.36. The Morgan fingerprint density at radius 3 is 2.45 bits per heavy atom. The fraction of sp³-hybridized carbons (Fsp3) is 0.455. The van der Waals surface area contributed by atoms with Gasteiger partial charge in [-0.05, 0) is 49.1 Å². The van der Waals surface area contributed by atoms with Gasteiger partial charge in [0.25, 0.3) is 0 Å². The number of anilines is 1. The quantitative estimate of drug-likeness (QED) is 0.619. The van der Waals surface area contributed by atoms with E-state index in [0.717, 1.165) is 24.1 Å². The van der Waals surface area contributed by atoms with E-state index in [4.69, 9.17) is 33.0 Å². The Labute approximate surface area is 193 Å². The van der Waals surface area contributed by atoms with E-state index in [2.05, 4.69) is 4.90 Å². The highest BCUT2D eigenvalue weighted by molar-refractivity contribution is 7.90. The molecule has 0 aromatic heterocycles. The summed E-state index contributed by atoms with van der Waals surface area (Å²) in [6.07, 6.45) is 2.18. The molecule has 2 fully saturated rings. The molecule has 31 heavy (non-hydrogen) atoms. The van der Waals surface area contributed by atoms with Crippen LogP contribution in [0.4, 0.5) is 5.69 Å². The monoisotopic (exact) mass is 484 g/mol. The predicted molar refractivity (Wildman–Crippen MR) is 124 cm³/mol. The lowest BCUT2D eigenvalue weighted by Gasteiger charge is -2.42. The van der Waals surface area contributed by atoms with Crippen LogP contribution in [0, 0.1) is 0 Å². The first-order chi connectivity index (χ1) is 14.9. The van der Waals surface area contributed by atoms with Crippen LogP contribution in [0.1, 0.15) is 18.4 Å². The van der Waals surface area contributed by atoms with Crippen LogP contribution in [-0.2, 0) is 16.4 Å². The number of nitrogens with zero attached hydrogens (tertiary/aromatic N) is 2. The fourth-order valence-corrected chi connectivity index (χ4v) is 6.27. The van der Waals surface area contributed by atoms with Crippen molar-refractivity contribution in [3.63, 3.8) is 0 Å². The SMILES string of the molecule is O=S(=O)(C1CC1)N1CCN(c2ccc(OCCO)cc2Cl)[C@H](Cc2ccc(Cl)cc2)C1. The molecule has 1 saturated heterocycles. The molecule has 1 heterocycles. The van der Waals surface area contributed by atoms with Crippen LogP contribution in [0.3, 0.4) is 0 Å². The van der Waals surface area contributed by atoms with Crippen LogP contribution in [0.15, 0.2) is 42.5 Å². The third-order valence-corrected chi connectivity index (χ3v) is 8.64. The predicted octanol–water partition coefficient (Wildman–Crippen LogP) is 3.59. The van der Waals surface area contributed by atoms with Gasteiger partial charge in [-0.25, -0.2) is 8.42 Å². The number of hydrogen-bond acceptors (Lipinski definition) is 5. The Kier molecular flexibility index (Phi) is 6.98. The van der Waals surface area contributed by atoms with Gasteiger partial charge < -0.3 is 14.7 Å². The summed E-state index contributed by atoms with van der Waals surface area (Å²) in [5.41, 5.74) is 1.93. The Morgan fingerprint density at radius 2 is 1.81 bits per heavy atom. The number of ether oxygens (including phenoxy) is 1. The van der Waals surface area contributed by atoms with Gasteiger partial charge in [0.15, 0.2) is 0 Å². The summed E-state index contributed by atoms with van der Waals surface area (Å²) < 4.78 is 32.8. The summed E-state index contributed by atoms with van der Waals surface area (Å²) in [6.45, 7) is 1.54. The normalized spacial score (nSPS) is 20.1. The molecule has 9 heteroatoms. The minimum atomic E-state index is -3.24. The van der Waals surface area contributed by atoms with Crippen LogP contribution in [0.5, 0.6) is 5.75 Å². The summed E-state index contributed by atoms with van der Waals surface area (Å²) in [5, 5.41) is 9.94. The smallest absolute Gasteiger partial charge is 0.217 e. The molecule has 4 rings (SSSR count). The topological polar surface area (TPSA) is 70.1 Å². The van der Waals surface area contributed by atoms with Crippen molar-refractivity contribution in [1.29, 1.82) is 0 Å². The Morgan fingerprint density at radius 1 is 1.06 bits per heavy atom. The molecule has 1 saturated carbocycles. The van der Waals surface area contributed by atoms with Gasteiger partial charge in [0.2, 0.25) is 10.0 Å². The maximum atomic E-state index is 12.9. The Bertz CT molecular complexity index is 1010. The van der Waals surface area contributed by atoms with Crippen molar-refractivity contribution >= 4 is 38.9 Å². The molecule has 0 unspecified atom stereocenters. The summed E-state index contributed by atoms with van der Waals surface area (Å²) in [7, 11) is -3.24. The highest BCUT2D eigenvalue weighted by atomic mass is 35.5. The van der Waals surface area contributed by atoms with Gasteiger partial charge >= 0.3 is 0 Å². The van der Waals surface area contributed by atoms with E-state index < -0.39 is 10.0 Å². The molecule has 0 radical (unpaired) electrons. The Hall–Kier alpha value is -1.51. The van der Waals surface area contributed by atoms with Gasteiger partial charge in [-0.1, -0.05) is 35.3 Å². The van der Waals surface area contributed by atoms with Gasteiger partial charge in [-0.2, -0.15) is 4.31 Å². The number of benzene rings is 2. The van der Waals surface area contributed by atoms with Crippen molar-refractivity contribution < 1.29 is 18.3 Å². The zero-order chi connectivity index (χ0) is 22.0. The van der Waals surface area contributed by atoms with Crippen LogP contribution < -0.4 is 9.64 Å². The molecule has 1 aliphatic carbocycles. The summed E-state index contributed by atoms with van der Waals surface area (Å²) in [5.74, 6) is 0.590. The number of hydrogen-bond donors (Lipinski definition) is 1. The van der Waals surface area contributed by atoms with Crippen molar-refractivity contribution in [2.75, 3.05) is 37.7 Å². The molecule has 1 aliphatic heterocycles. The van der Waals surface area contributed by atoms with Crippen molar-refractivity contribution in [3.05, 3.63) is 58.1 Å². The maximum absolute atomic E-state index is 12.9. The molecule has 1 N–H and O–H groups in total. The first kappa shape index (κ1) is 22.7. The molecule has 1 atom stereocenters. The van der Waals surface area contributed by atoms with Gasteiger partial charge in [-0.3, -0.25) is 0 Å². The lowest BCUT2D eigenvalue weighted by atomic mass is 10.0. The first-order valence-corrected chi connectivity index (χ1v) is 12.7. The molecule has 0 spiro atoms. The lowest BCUT2D eigenvalue weighted by Crippen LogP contribution is -2.56. The average molecular weight is 485 g/mol. The van der Waals surface area contributed by atoms with Gasteiger partial charge in [0.1, 0.15) is 12.4 Å². The van der Waals surface area contributed by atoms with E-state index >= 15 is 0 Å². The van der Waals surface area contributed by atoms with Crippen molar-refractivity contribution in [2.45, 2.75) is 30.6 Å². The lowest BCUT2D eigenvalue weighted by molar-refractivity contribution is 0.201. The molecule has 0 amide bonds. The largest absolute Gasteiger partial charge is 0.491 e. The van der Waals surface area contributed by atoms with Crippen molar-refractivity contribution in [3.8, 4) is 5.75 Å². The summed E-state index contributed by atoms with van der Waals surface area (Å²) in [4.78, 5) is 2.19. The van der Waals surface area contributed by atoms with E-state index in [9.17, 15) is 8.42 Å². The number of rotatable bonds is 8. The minimum Gasteiger partial charge on any atom is -0.491 e. The summed E-state index contributed by atoms with van der Waals surface area (Å²) in [6, 6.07) is 13.0. The standard InChI is InChI=1S/C22H26Cl2N2O4S/c23-17-3-1-16(2-4-17)13-18-15-25(31(28,29)20-6-7-20)9-10-26(18)22-8-5-19(14-21(22)24)30-12-11-27/h1-5,8,14,18,20,27H,6-7,9-13,15H2/t18-/m1/s1. The van der Waals surface area contributed by atoms with E-state index in [1.807, 2.05) is 36.4 Å². The zero-order valence-electron chi connectivity index (χ0n) is 17.1. The highest BCUT2D eigenvalue weighted by Gasteiger charge is 2.43. The van der Waals surface area contributed by atoms with Crippen LogP contribution in [0.2, 0.25) is 10.0 Å². The van der Waals surface area contributed by atoms with Gasteiger partial charge in [-0.15, -0.1) is 0 Å². The van der Waals surface area contributed by atoms with Crippen molar-refractivity contribution in [1.82, 2.24) is 4.31 Å². The second-order valence-corrected chi connectivity index (χ2v) is 11.0. The van der Waals surface area contributed by atoms with E-state index in [1.165, 1.54) is 0 Å². The van der Waals surface area contributed by atoms with E-state index in [0.29, 0.717) is 41.8 Å². The molecule has 2 aromatic carbocycles. The van der Waals surface area contributed by atoms with Crippen LogP contribution in [-0.4, -0.2) is 62.0 Å². The zero-order valence-corrected chi connectivity index (χ0v) is 19.4. The van der Waals surface area contributed by atoms with Crippen LogP contribution in [0.25, 0.3) is 0 Å². The molecule has 2 aromatic rings. The van der Waals surface area contributed by atoms with Gasteiger partial charge in [0, 0.05) is 36.8 Å². The molecular formula is C22H26Cl2N2O4S. The summed E-state index contributed by atoms with van der Waals surface area (Å²) >= 11 is 12.6. The van der Waals surface area contributed by atoms with E-state index in [1.54, 1.807) is 10.4 Å². The number of aliphatic hydroxyl groups is 1. The maximum Gasteiger partial charge on any atom is 0.217 e. The number of piperazine rings is 1. The molecule has 0 bridgehead atoms. The number of sulfonamides is 1. The third-order valence-electron chi connectivity index (χ3n) is 5.72. The van der Waals surface area contributed by atoms with E-state index in [-0.39, 0.29) is 24.5 Å². The number of halogens is 2. The first-order valence-electron chi connectivity index (χ1n) is 10.4. The van der Waals surface area contributed by atoms with Crippen LogP contribution >= 0.6 is 23.2 Å². The van der Waals surface area contributed by atoms with Crippen molar-refractivity contribution in [2.24, 2.45) is 0 Å².